The molecule has 0 spiro atoms. The molecule has 26 heteroatoms. The molecule has 0 aromatic heterocycles. The molecule has 4 rings (SSSR count). The van der Waals surface area contributed by atoms with Crippen LogP contribution >= 0.6 is 0 Å². The lowest BCUT2D eigenvalue weighted by molar-refractivity contribution is -0.384. The van der Waals surface area contributed by atoms with Crippen molar-refractivity contribution in [3.8, 4) is 0 Å². The molecular weight excluding hydrogens is 920 g/mol. The number of non-ortho nitro benzene ring substituents is 1. The van der Waals surface area contributed by atoms with E-state index in [2.05, 4.69) is 21.3 Å². The van der Waals surface area contributed by atoms with Crippen LogP contribution in [-0.2, 0) is 47.5 Å². The van der Waals surface area contributed by atoms with Crippen LogP contribution in [0.4, 0.5) is 11.4 Å². The summed E-state index contributed by atoms with van der Waals surface area (Å²) >= 11 is 0. The molecule has 10 atom stereocenters. The summed E-state index contributed by atoms with van der Waals surface area (Å²) < 4.78 is 43.4. The van der Waals surface area contributed by atoms with Gasteiger partial charge in [0.05, 0.1) is 84.2 Å². The number of aliphatic hydroxyl groups excluding tert-OH is 6. The van der Waals surface area contributed by atoms with E-state index < -0.39 is 91.2 Å². The van der Waals surface area contributed by atoms with Gasteiger partial charge in [0.2, 0.25) is 11.8 Å². The minimum Gasteiger partial charge on any atom is -0.399 e. The van der Waals surface area contributed by atoms with E-state index in [1.54, 1.807) is 24.3 Å². The van der Waals surface area contributed by atoms with Crippen LogP contribution in [0.3, 0.4) is 0 Å². The average molecular weight is 992 g/mol. The number of benzene rings is 2. The Balaban J connectivity index is 0.000000682. The Hall–Kier alpha value is -5.04. The maximum absolute atomic E-state index is 12.0. The predicted octanol–water partition coefficient (Wildman–Crippen LogP) is -2.81. The van der Waals surface area contributed by atoms with Gasteiger partial charge in [0.1, 0.15) is 48.7 Å². The number of hydrogen-bond acceptors (Lipinski definition) is 21. The van der Waals surface area contributed by atoms with Gasteiger partial charge in [0.25, 0.3) is 17.5 Å². The predicted molar refractivity (Wildman–Crippen MR) is 243 cm³/mol. The zero-order valence-corrected chi connectivity index (χ0v) is 37.7. The first-order valence-corrected chi connectivity index (χ1v) is 21.6. The molecule has 4 amide bonds. The topological polar surface area (TPSA) is 381 Å². The molecule has 2 fully saturated rings. The SMILES string of the molecule is C.CC(=O)NC1[C@H](OCCOCCOCCNC(=O)c2ccc(N)cc2)OC(CO)[C@H](O)[C@@H]1O.CC(=O)NC1[C@H](OCCOCCOCCNC(=O)c2ccc([N+](=O)[O-])cc2)OC(CO)[C@H](O)[C@@H]1O.[2HH]. The van der Waals surface area contributed by atoms with Gasteiger partial charge in [-0.15, -0.1) is 0 Å². The van der Waals surface area contributed by atoms with Crippen LogP contribution in [0.25, 0.3) is 0 Å². The van der Waals surface area contributed by atoms with Crippen LogP contribution in [0.2, 0.25) is 0 Å². The van der Waals surface area contributed by atoms with Crippen molar-refractivity contribution in [2.75, 3.05) is 98.1 Å². The van der Waals surface area contributed by atoms with E-state index in [1.807, 2.05) is 0 Å². The highest BCUT2D eigenvalue weighted by Crippen LogP contribution is 2.23. The number of amides is 4. The Labute approximate surface area is 400 Å². The van der Waals surface area contributed by atoms with Crippen molar-refractivity contribution in [1.29, 1.82) is 0 Å². The van der Waals surface area contributed by atoms with Gasteiger partial charge in [-0.05, 0) is 36.4 Å². The van der Waals surface area contributed by atoms with Crippen molar-refractivity contribution in [2.24, 2.45) is 0 Å². The number of carbonyl (C=O) groups is 4. The lowest BCUT2D eigenvalue weighted by Gasteiger charge is -2.42. The van der Waals surface area contributed by atoms with E-state index in [0.29, 0.717) is 36.6 Å². The van der Waals surface area contributed by atoms with Crippen LogP contribution < -0.4 is 27.0 Å². The number of nitrogens with two attached hydrogens (primary N) is 1. The molecule has 2 aromatic rings. The zero-order chi connectivity index (χ0) is 50.0. The minimum absolute atomic E-state index is 0. The summed E-state index contributed by atoms with van der Waals surface area (Å²) in [6, 6.07) is 9.83. The maximum atomic E-state index is 12.0. The molecule has 392 valence electrons. The fourth-order valence-electron chi connectivity index (χ4n) is 6.36. The molecule has 2 heterocycles. The molecule has 0 saturated carbocycles. The number of anilines is 1. The third-order valence-corrected chi connectivity index (χ3v) is 9.84. The first kappa shape index (κ1) is 60.1. The third kappa shape index (κ3) is 21.2. The number of nitrogens with zero attached hydrogens (tertiary/aromatic N) is 1. The van der Waals surface area contributed by atoms with Gasteiger partial charge in [0.15, 0.2) is 12.6 Å². The molecule has 2 saturated heterocycles. The Bertz CT molecular complexity index is 1820. The lowest BCUT2D eigenvalue weighted by atomic mass is 9.97. The number of nitrogens with one attached hydrogen (secondary N) is 4. The Morgan fingerprint density at radius 3 is 1.30 bits per heavy atom. The summed E-state index contributed by atoms with van der Waals surface area (Å²) in [5, 5.41) is 79.8. The highest BCUT2D eigenvalue weighted by molar-refractivity contribution is 5.94. The van der Waals surface area contributed by atoms with Crippen molar-refractivity contribution in [1.82, 2.24) is 21.3 Å². The lowest BCUT2D eigenvalue weighted by Crippen LogP contribution is -2.64. The molecular formula is C43H70N6O20. The van der Waals surface area contributed by atoms with Gasteiger partial charge in [-0.3, -0.25) is 29.3 Å². The quantitative estimate of drug-likeness (QED) is 0.0186. The van der Waals surface area contributed by atoms with Gasteiger partial charge in [-0.1, -0.05) is 7.43 Å². The van der Waals surface area contributed by atoms with E-state index in [1.165, 1.54) is 38.1 Å². The number of rotatable bonds is 27. The number of ether oxygens (including phenoxy) is 8. The number of hydrogen-bond donors (Lipinski definition) is 11. The minimum atomic E-state index is -1.39. The van der Waals surface area contributed by atoms with E-state index in [4.69, 9.17) is 43.6 Å². The van der Waals surface area contributed by atoms with Crippen LogP contribution in [0, 0.1) is 10.1 Å². The molecule has 26 nitrogen and oxygen atoms in total. The second kappa shape index (κ2) is 32.7. The highest BCUT2D eigenvalue weighted by Gasteiger charge is 2.46. The summed E-state index contributed by atoms with van der Waals surface area (Å²) in [6.45, 7) is 4.14. The number of nitro benzene ring substituents is 1. The normalized spacial score (nSPS) is 24.1. The monoisotopic (exact) mass is 991 g/mol. The summed E-state index contributed by atoms with van der Waals surface area (Å²) in [4.78, 5) is 56.7. The van der Waals surface area contributed by atoms with Crippen molar-refractivity contribution in [3.05, 3.63) is 69.8 Å². The van der Waals surface area contributed by atoms with Crippen molar-refractivity contribution in [2.45, 2.75) is 82.6 Å². The van der Waals surface area contributed by atoms with E-state index in [-0.39, 0.29) is 85.8 Å². The number of carbonyl (C=O) groups excluding carboxylic acids is 4. The van der Waals surface area contributed by atoms with Crippen molar-refractivity contribution < 1.29 is 94.1 Å². The molecule has 0 radical (unpaired) electrons. The number of nitrogen functional groups attached to an aromatic ring is 1. The molecule has 0 aliphatic carbocycles. The Morgan fingerprint density at radius 2 is 0.957 bits per heavy atom. The second-order valence-corrected chi connectivity index (χ2v) is 15.0. The molecule has 2 aromatic carbocycles. The smallest absolute Gasteiger partial charge is 0.269 e. The first-order valence-electron chi connectivity index (χ1n) is 21.6. The van der Waals surface area contributed by atoms with Crippen molar-refractivity contribution in [3.63, 3.8) is 0 Å². The fourth-order valence-corrected chi connectivity index (χ4v) is 6.36. The standard InChI is InChI=1S/C21H31N3O11.C21H33N3O9.CH4.H2/c1-13(26)23-17-19(28)18(27)16(12-25)35-21(17)34-11-10-33-9-8-32-7-6-22-20(29)14-2-4-15(5-3-14)24(30)31;1-13(26)24-17-19(28)18(27)16(12-25)33-21(17)32-11-10-31-9-8-30-7-6-23-20(29)14-2-4-15(22)5-3-14;;/h2-5,16-19,21,25,27-28H,6-12H2,1H3,(H,22,29)(H,23,26);2-5,16-19,21,25,27-28H,6-12,22H2,1H3,(H,23,29)(H,24,26);1H4;1H/t2*16?,17?,18-,19+,21+;;/m00../s1/i;;;1+1. The molecule has 2 aliphatic rings. The van der Waals surface area contributed by atoms with E-state index in [9.17, 15) is 59.9 Å². The maximum Gasteiger partial charge on any atom is 0.269 e. The Morgan fingerprint density at radius 1 is 0.609 bits per heavy atom. The third-order valence-electron chi connectivity index (χ3n) is 9.84. The second-order valence-electron chi connectivity index (χ2n) is 15.0. The summed E-state index contributed by atoms with van der Waals surface area (Å²) in [5.41, 5.74) is 6.89. The Kier molecular flexibility index (Phi) is 28.5. The van der Waals surface area contributed by atoms with Crippen LogP contribution in [-0.4, -0.2) is 213 Å². The summed E-state index contributed by atoms with van der Waals surface area (Å²) in [5.74, 6) is -1.46. The summed E-state index contributed by atoms with van der Waals surface area (Å²) in [7, 11) is 0. The molecule has 4 unspecified atom stereocenters. The average Bonchev–Trinajstić information content (AvgIpc) is 3.31. The van der Waals surface area contributed by atoms with Gasteiger partial charge in [-0.2, -0.15) is 0 Å². The van der Waals surface area contributed by atoms with Gasteiger partial charge in [0, 0.05) is 57.3 Å². The molecule has 12 N–H and O–H groups in total. The summed E-state index contributed by atoms with van der Waals surface area (Å²) in [6.07, 6.45) is -9.74. The highest BCUT2D eigenvalue weighted by atomic mass is 16.7. The largest absolute Gasteiger partial charge is 0.399 e. The van der Waals surface area contributed by atoms with Crippen LogP contribution in [0.15, 0.2) is 48.5 Å². The first-order chi connectivity index (χ1) is 32.6. The van der Waals surface area contributed by atoms with Gasteiger partial charge < -0.3 is 95.5 Å². The fraction of sp³-hybridized carbons (Fsp3) is 0.628. The van der Waals surface area contributed by atoms with E-state index >= 15 is 0 Å². The molecule has 69 heavy (non-hydrogen) atoms. The number of aliphatic hydroxyl groups is 6. The van der Waals surface area contributed by atoms with Crippen molar-refractivity contribution >= 4 is 35.0 Å². The van der Waals surface area contributed by atoms with Gasteiger partial charge >= 0.3 is 0 Å². The van der Waals surface area contributed by atoms with Gasteiger partial charge in [-0.25, -0.2) is 0 Å². The number of nitro groups is 1. The molecule has 2 aliphatic heterocycles. The van der Waals surface area contributed by atoms with Crippen LogP contribution in [0.1, 0.15) is 43.4 Å². The van der Waals surface area contributed by atoms with Crippen LogP contribution in [0.5, 0.6) is 0 Å². The van der Waals surface area contributed by atoms with E-state index in [0.717, 1.165) is 0 Å². The zero-order valence-electron chi connectivity index (χ0n) is 37.7. The molecule has 0 bridgehead atoms.